The maximum absolute atomic E-state index is 12.2. The van der Waals surface area contributed by atoms with Crippen LogP contribution >= 0.6 is 11.6 Å². The average Bonchev–Trinajstić information content (AvgIpc) is 2.72. The Balaban J connectivity index is 1.45. The first-order valence-corrected chi connectivity index (χ1v) is 8.46. The van der Waals surface area contributed by atoms with Crippen molar-refractivity contribution in [3.8, 4) is 11.6 Å². The molecule has 9 nitrogen and oxygen atoms in total. The minimum absolute atomic E-state index is 0.119. The second kappa shape index (κ2) is 7.49. The van der Waals surface area contributed by atoms with Crippen LogP contribution in [0.5, 0.6) is 11.6 Å². The predicted octanol–water partition coefficient (Wildman–Crippen LogP) is 2.56. The van der Waals surface area contributed by atoms with Gasteiger partial charge in [-0.1, -0.05) is 11.6 Å². The molecule has 0 unspecified atom stereocenters. The maximum atomic E-state index is 12.2. The van der Waals surface area contributed by atoms with Gasteiger partial charge in [-0.25, -0.2) is 15.4 Å². The molecule has 0 radical (unpaired) electrons. The summed E-state index contributed by atoms with van der Waals surface area (Å²) in [5.74, 6) is 0.263. The minimum Gasteiger partial charge on any atom is -0.497 e. The molecule has 0 saturated carbocycles. The fourth-order valence-electron chi connectivity index (χ4n) is 2.37. The minimum atomic E-state index is -0.643. The van der Waals surface area contributed by atoms with Crippen molar-refractivity contribution in [2.24, 2.45) is 10.2 Å². The van der Waals surface area contributed by atoms with Gasteiger partial charge in [-0.3, -0.25) is 10.2 Å². The molecule has 1 aliphatic heterocycles. The summed E-state index contributed by atoms with van der Waals surface area (Å²) in [5.41, 5.74) is 6.93. The van der Waals surface area contributed by atoms with E-state index in [1.54, 1.807) is 49.6 Å². The number of hydrazone groups is 2. The first-order chi connectivity index (χ1) is 13.6. The molecule has 0 bridgehead atoms. The molecule has 2 N–H and O–H groups in total. The van der Waals surface area contributed by atoms with Gasteiger partial charge in [0.1, 0.15) is 5.75 Å². The highest BCUT2D eigenvalue weighted by Gasteiger charge is 2.23. The molecule has 1 amide bonds. The number of hydrogen-bond donors (Lipinski definition) is 2. The predicted molar refractivity (Wildman–Crippen MR) is 105 cm³/mol. The molecule has 1 aromatic heterocycles. The fraction of sp³-hybridized carbons (Fsp3) is 0.0556. The molecule has 0 atom stereocenters. The van der Waals surface area contributed by atoms with Crippen LogP contribution < -0.4 is 20.3 Å². The Kier molecular flexibility index (Phi) is 4.73. The van der Waals surface area contributed by atoms with E-state index in [0.29, 0.717) is 21.9 Å². The number of nitrogens with zero attached hydrogens (tertiary/aromatic N) is 4. The lowest BCUT2D eigenvalue weighted by molar-refractivity contribution is -0.115. The molecule has 0 spiro atoms. The summed E-state index contributed by atoms with van der Waals surface area (Å²) >= 11 is 5.97. The zero-order chi connectivity index (χ0) is 19.5. The SMILES string of the molecule is COc1ccc(/C=N/NC(=O)C2=NNc3nc4ccc(Cl)cc4nc3O2)cc1. The number of ether oxygens (including phenoxy) is 2. The van der Waals surface area contributed by atoms with Gasteiger partial charge in [-0.2, -0.15) is 5.10 Å². The number of fused-ring (bicyclic) bond motifs is 2. The van der Waals surface area contributed by atoms with Crippen LogP contribution in [0.15, 0.2) is 52.7 Å². The van der Waals surface area contributed by atoms with Crippen molar-refractivity contribution in [2.75, 3.05) is 12.5 Å². The van der Waals surface area contributed by atoms with Crippen LogP contribution in [0, 0.1) is 0 Å². The summed E-state index contributed by atoms with van der Waals surface area (Å²) in [6.45, 7) is 0. The number of aromatic nitrogens is 2. The maximum Gasteiger partial charge on any atom is 0.328 e. The first-order valence-electron chi connectivity index (χ1n) is 8.09. The van der Waals surface area contributed by atoms with Gasteiger partial charge in [0.15, 0.2) is 0 Å². The standard InChI is InChI=1S/C18H13ClN6O3/c1-27-12-5-2-10(3-6-12)9-20-24-16(26)18-25-23-15-17(28-18)22-14-8-11(19)4-7-13(14)21-15/h2-9H,1H3,(H,21,23)(H,24,26)/b20-9+. The highest BCUT2D eigenvalue weighted by molar-refractivity contribution is 6.36. The number of halogens is 1. The van der Waals surface area contributed by atoms with E-state index in [1.807, 2.05) is 0 Å². The number of amides is 1. The summed E-state index contributed by atoms with van der Waals surface area (Å²) in [5, 5.41) is 8.26. The number of nitrogens with one attached hydrogen (secondary N) is 2. The van der Waals surface area contributed by atoms with Gasteiger partial charge in [0.05, 0.1) is 24.4 Å². The van der Waals surface area contributed by atoms with Crippen molar-refractivity contribution in [1.82, 2.24) is 15.4 Å². The molecule has 28 heavy (non-hydrogen) atoms. The molecular formula is C18H13ClN6O3. The van der Waals surface area contributed by atoms with Gasteiger partial charge in [-0.15, -0.1) is 5.10 Å². The Hall–Kier alpha value is -3.72. The normalized spacial score (nSPS) is 12.7. The molecule has 2 heterocycles. The van der Waals surface area contributed by atoms with Crippen LogP contribution in [-0.4, -0.2) is 35.1 Å². The number of rotatable bonds is 4. The second-order valence-electron chi connectivity index (χ2n) is 5.61. The molecule has 0 saturated heterocycles. The van der Waals surface area contributed by atoms with E-state index in [-0.39, 0.29) is 11.8 Å². The third kappa shape index (κ3) is 3.69. The van der Waals surface area contributed by atoms with Gasteiger partial charge in [-0.05, 0) is 48.0 Å². The molecule has 1 aliphatic rings. The Morgan fingerprint density at radius 2 is 2.04 bits per heavy atom. The first kappa shape index (κ1) is 17.7. The lowest BCUT2D eigenvalue weighted by atomic mass is 10.2. The molecule has 140 valence electrons. The summed E-state index contributed by atoms with van der Waals surface area (Å²) in [7, 11) is 1.59. The number of benzene rings is 2. The van der Waals surface area contributed by atoms with Crippen molar-refractivity contribution in [2.45, 2.75) is 0 Å². The van der Waals surface area contributed by atoms with Gasteiger partial charge in [0.2, 0.25) is 5.82 Å². The zero-order valence-electron chi connectivity index (χ0n) is 14.5. The molecular weight excluding hydrogens is 384 g/mol. The Morgan fingerprint density at radius 1 is 1.21 bits per heavy atom. The Bertz CT molecular complexity index is 1110. The number of anilines is 1. The molecule has 3 aromatic rings. The number of carbonyl (C=O) groups excluding carboxylic acids is 1. The largest absolute Gasteiger partial charge is 0.497 e. The van der Waals surface area contributed by atoms with Crippen LogP contribution in [0.25, 0.3) is 11.0 Å². The lowest BCUT2D eigenvalue weighted by Crippen LogP contribution is -2.34. The number of hydrogen-bond acceptors (Lipinski definition) is 8. The summed E-state index contributed by atoms with van der Waals surface area (Å²) in [4.78, 5) is 20.8. The molecule has 10 heteroatoms. The number of carbonyl (C=O) groups is 1. The van der Waals surface area contributed by atoms with Crippen LogP contribution in [0.2, 0.25) is 5.02 Å². The van der Waals surface area contributed by atoms with E-state index in [2.05, 4.69) is 31.0 Å². The molecule has 4 rings (SSSR count). The van der Waals surface area contributed by atoms with Crippen LogP contribution in [-0.2, 0) is 4.79 Å². The molecule has 2 aromatic carbocycles. The highest BCUT2D eigenvalue weighted by atomic mass is 35.5. The van der Waals surface area contributed by atoms with Crippen molar-refractivity contribution in [3.63, 3.8) is 0 Å². The average molecular weight is 397 g/mol. The van der Waals surface area contributed by atoms with Gasteiger partial charge < -0.3 is 9.47 Å². The van der Waals surface area contributed by atoms with Gasteiger partial charge >= 0.3 is 11.8 Å². The highest BCUT2D eigenvalue weighted by Crippen LogP contribution is 2.27. The topological polar surface area (TPSA) is 110 Å². The van der Waals surface area contributed by atoms with Crippen LogP contribution in [0.4, 0.5) is 5.82 Å². The van der Waals surface area contributed by atoms with Crippen molar-refractivity contribution in [1.29, 1.82) is 0 Å². The summed E-state index contributed by atoms with van der Waals surface area (Å²) in [6.07, 6.45) is 1.48. The summed E-state index contributed by atoms with van der Waals surface area (Å²) in [6, 6.07) is 12.3. The zero-order valence-corrected chi connectivity index (χ0v) is 15.3. The summed E-state index contributed by atoms with van der Waals surface area (Å²) < 4.78 is 10.5. The van der Waals surface area contributed by atoms with Gasteiger partial charge in [0, 0.05) is 5.02 Å². The fourth-order valence-corrected chi connectivity index (χ4v) is 2.54. The van der Waals surface area contributed by atoms with Crippen molar-refractivity contribution >= 4 is 46.5 Å². The van der Waals surface area contributed by atoms with E-state index in [1.165, 1.54) is 6.21 Å². The Morgan fingerprint density at radius 3 is 2.82 bits per heavy atom. The second-order valence-corrected chi connectivity index (χ2v) is 6.05. The van der Waals surface area contributed by atoms with E-state index in [4.69, 9.17) is 21.1 Å². The van der Waals surface area contributed by atoms with Gasteiger partial charge in [0.25, 0.3) is 5.88 Å². The van der Waals surface area contributed by atoms with E-state index in [0.717, 1.165) is 11.3 Å². The third-order valence-corrected chi connectivity index (χ3v) is 3.98. The van der Waals surface area contributed by atoms with Crippen molar-refractivity contribution < 1.29 is 14.3 Å². The van der Waals surface area contributed by atoms with Crippen molar-refractivity contribution in [3.05, 3.63) is 53.1 Å². The van der Waals surface area contributed by atoms with Crippen LogP contribution in [0.1, 0.15) is 5.56 Å². The van der Waals surface area contributed by atoms with E-state index >= 15 is 0 Å². The third-order valence-electron chi connectivity index (χ3n) is 3.74. The molecule has 0 fully saturated rings. The Labute approximate surface area is 164 Å². The monoisotopic (exact) mass is 396 g/mol. The quantitative estimate of drug-likeness (QED) is 0.518. The smallest absolute Gasteiger partial charge is 0.328 e. The van der Waals surface area contributed by atoms with E-state index < -0.39 is 5.91 Å². The lowest BCUT2D eigenvalue weighted by Gasteiger charge is -2.15. The number of methoxy groups -OCH3 is 1. The molecule has 0 aliphatic carbocycles. The van der Waals surface area contributed by atoms with Crippen LogP contribution in [0.3, 0.4) is 0 Å². The van der Waals surface area contributed by atoms with E-state index in [9.17, 15) is 4.79 Å².